The van der Waals surface area contributed by atoms with E-state index in [0.29, 0.717) is 11.4 Å². The lowest BCUT2D eigenvalue weighted by Gasteiger charge is -2.29. The van der Waals surface area contributed by atoms with Crippen molar-refractivity contribution in [3.05, 3.63) is 100 Å². The molecule has 0 bridgehead atoms. The number of amides is 2. The number of nitrogens with one attached hydrogen (secondary N) is 1. The average Bonchev–Trinajstić information content (AvgIpc) is 2.83. The molecule has 3 aromatic carbocycles. The summed E-state index contributed by atoms with van der Waals surface area (Å²) < 4.78 is 0. The zero-order valence-electron chi connectivity index (χ0n) is 18.1. The zero-order valence-corrected chi connectivity index (χ0v) is 18.9. The van der Waals surface area contributed by atoms with Gasteiger partial charge in [0.05, 0.1) is 10.6 Å². The minimum absolute atomic E-state index is 0.00267. The Kier molecular flexibility index (Phi) is 7.07. The van der Waals surface area contributed by atoms with Crippen LogP contribution in [0.3, 0.4) is 0 Å². The van der Waals surface area contributed by atoms with Gasteiger partial charge in [-0.05, 0) is 47.7 Å². The zero-order chi connectivity index (χ0) is 22.3. The van der Waals surface area contributed by atoms with Crippen LogP contribution in [-0.4, -0.2) is 24.9 Å². The topological polar surface area (TPSA) is 49.4 Å². The molecule has 1 aliphatic heterocycles. The molecule has 4 rings (SSSR count). The molecule has 0 saturated heterocycles. The normalized spacial score (nSPS) is 14.3. The van der Waals surface area contributed by atoms with Crippen molar-refractivity contribution in [3.63, 3.8) is 0 Å². The molecular weight excluding hydrogens is 416 g/mol. The lowest BCUT2D eigenvalue weighted by atomic mass is 10.1. The molecular formula is C27H26N2O2S. The molecule has 3 aromatic rings. The lowest BCUT2D eigenvalue weighted by molar-refractivity contribution is -0.122. The number of aryl methyl sites for hydroxylation is 1. The van der Waals surface area contributed by atoms with Gasteiger partial charge in [0.2, 0.25) is 5.91 Å². The summed E-state index contributed by atoms with van der Waals surface area (Å²) in [5, 5.41) is 2.95. The summed E-state index contributed by atoms with van der Waals surface area (Å²) in [7, 11) is 0. The van der Waals surface area contributed by atoms with Crippen LogP contribution >= 0.6 is 11.8 Å². The Morgan fingerprint density at radius 1 is 0.938 bits per heavy atom. The molecule has 1 heterocycles. The van der Waals surface area contributed by atoms with Crippen LogP contribution in [0, 0.1) is 0 Å². The number of thioether (sulfide) groups is 1. The van der Waals surface area contributed by atoms with Crippen LogP contribution < -0.4 is 10.2 Å². The number of carbonyl (C=O) groups excluding carboxylic acids is 2. The third kappa shape index (κ3) is 5.29. The van der Waals surface area contributed by atoms with E-state index in [1.807, 2.05) is 72.8 Å². The number of hydrogen-bond acceptors (Lipinski definition) is 3. The molecule has 5 heteroatoms. The third-order valence-corrected chi connectivity index (χ3v) is 6.48. The van der Waals surface area contributed by atoms with Crippen molar-refractivity contribution in [2.75, 3.05) is 18.0 Å². The Labute approximate surface area is 193 Å². The molecule has 0 spiro atoms. The highest BCUT2D eigenvalue weighted by atomic mass is 32.2. The number of anilines is 1. The van der Waals surface area contributed by atoms with Gasteiger partial charge in [-0.1, -0.05) is 85.4 Å². The van der Waals surface area contributed by atoms with Crippen molar-refractivity contribution in [2.45, 2.75) is 24.7 Å². The molecule has 4 nitrogen and oxygen atoms in total. The summed E-state index contributed by atoms with van der Waals surface area (Å²) in [6.45, 7) is 2.65. The molecule has 1 aliphatic rings. The number of carbonyl (C=O) groups is 2. The molecule has 0 atom stereocenters. The summed E-state index contributed by atoms with van der Waals surface area (Å²) in [6.07, 6.45) is 3.64. The number of fused-ring (bicyclic) bond motifs is 1. The van der Waals surface area contributed by atoms with E-state index in [2.05, 4.69) is 24.4 Å². The predicted molar refractivity (Wildman–Crippen MR) is 132 cm³/mol. The second kappa shape index (κ2) is 10.3. The molecule has 162 valence electrons. The van der Waals surface area contributed by atoms with E-state index in [0.717, 1.165) is 29.0 Å². The van der Waals surface area contributed by atoms with Crippen LogP contribution in [0.25, 0.3) is 6.08 Å². The van der Waals surface area contributed by atoms with Gasteiger partial charge in [-0.3, -0.25) is 14.5 Å². The van der Waals surface area contributed by atoms with Crippen molar-refractivity contribution in [1.29, 1.82) is 0 Å². The van der Waals surface area contributed by atoms with Gasteiger partial charge < -0.3 is 5.32 Å². The van der Waals surface area contributed by atoms with Gasteiger partial charge in [0.25, 0.3) is 5.91 Å². The van der Waals surface area contributed by atoms with Crippen LogP contribution in [0.4, 0.5) is 5.69 Å². The Morgan fingerprint density at radius 3 is 2.41 bits per heavy atom. The largest absolute Gasteiger partial charge is 0.354 e. The van der Waals surface area contributed by atoms with E-state index in [4.69, 9.17) is 0 Å². The molecule has 32 heavy (non-hydrogen) atoms. The van der Waals surface area contributed by atoms with Gasteiger partial charge in [0.15, 0.2) is 0 Å². The molecule has 0 fully saturated rings. The monoisotopic (exact) mass is 442 g/mol. The number of rotatable bonds is 7. The van der Waals surface area contributed by atoms with Gasteiger partial charge in [0, 0.05) is 11.4 Å². The van der Waals surface area contributed by atoms with E-state index >= 15 is 0 Å². The van der Waals surface area contributed by atoms with E-state index < -0.39 is 0 Å². The maximum absolute atomic E-state index is 13.3. The van der Waals surface area contributed by atoms with Crippen LogP contribution in [0.15, 0.2) is 88.7 Å². The minimum atomic E-state index is -0.164. The Morgan fingerprint density at radius 2 is 1.66 bits per heavy atom. The first-order chi connectivity index (χ1) is 15.6. The Balaban J connectivity index is 1.49. The highest BCUT2D eigenvalue weighted by Gasteiger charge is 2.30. The van der Waals surface area contributed by atoms with E-state index in [9.17, 15) is 9.59 Å². The van der Waals surface area contributed by atoms with Gasteiger partial charge in [-0.15, -0.1) is 0 Å². The molecule has 0 unspecified atom stereocenters. The first kappa shape index (κ1) is 21.9. The molecule has 0 aromatic heterocycles. The van der Waals surface area contributed by atoms with Crippen molar-refractivity contribution in [1.82, 2.24) is 5.32 Å². The SMILES string of the molecule is CCc1ccc(/C=C2/Sc3ccccc3N(CC(=O)NCCc3ccccc3)C2=O)cc1. The first-order valence-electron chi connectivity index (χ1n) is 10.8. The number of benzene rings is 3. The summed E-state index contributed by atoms with van der Waals surface area (Å²) in [5.74, 6) is -0.311. The van der Waals surface area contributed by atoms with Gasteiger partial charge in [-0.25, -0.2) is 0 Å². The molecule has 0 radical (unpaired) electrons. The van der Waals surface area contributed by atoms with Crippen molar-refractivity contribution >= 4 is 35.3 Å². The quantitative estimate of drug-likeness (QED) is 0.519. The number of hydrogen-bond donors (Lipinski definition) is 1. The van der Waals surface area contributed by atoms with Crippen molar-refractivity contribution in [3.8, 4) is 0 Å². The maximum Gasteiger partial charge on any atom is 0.265 e. The average molecular weight is 443 g/mol. The second-order valence-corrected chi connectivity index (χ2v) is 8.73. The molecule has 0 aliphatic carbocycles. The number of nitrogens with zero attached hydrogens (tertiary/aromatic N) is 1. The molecule has 1 N–H and O–H groups in total. The summed E-state index contributed by atoms with van der Waals surface area (Å²) in [6, 6.07) is 26.0. The van der Waals surface area contributed by atoms with Gasteiger partial charge in [0.1, 0.15) is 6.54 Å². The van der Waals surface area contributed by atoms with Crippen LogP contribution in [-0.2, 0) is 22.4 Å². The van der Waals surface area contributed by atoms with E-state index in [1.54, 1.807) is 4.90 Å². The predicted octanol–water partition coefficient (Wildman–Crippen LogP) is 5.09. The highest BCUT2D eigenvalue weighted by molar-refractivity contribution is 8.04. The van der Waals surface area contributed by atoms with Crippen molar-refractivity contribution in [2.24, 2.45) is 0 Å². The minimum Gasteiger partial charge on any atom is -0.354 e. The fourth-order valence-corrected chi connectivity index (χ4v) is 4.67. The maximum atomic E-state index is 13.3. The highest BCUT2D eigenvalue weighted by Crippen LogP contribution is 2.41. The van der Waals surface area contributed by atoms with Crippen LogP contribution in [0.5, 0.6) is 0 Å². The summed E-state index contributed by atoms with van der Waals surface area (Å²) in [4.78, 5) is 29.1. The summed E-state index contributed by atoms with van der Waals surface area (Å²) in [5.41, 5.74) is 4.18. The van der Waals surface area contributed by atoms with E-state index in [-0.39, 0.29) is 18.4 Å². The fourth-order valence-electron chi connectivity index (χ4n) is 3.61. The van der Waals surface area contributed by atoms with Gasteiger partial charge >= 0.3 is 0 Å². The van der Waals surface area contributed by atoms with Crippen LogP contribution in [0.2, 0.25) is 0 Å². The Hall–Kier alpha value is -3.31. The Bertz CT molecular complexity index is 1120. The lowest BCUT2D eigenvalue weighted by Crippen LogP contribution is -2.43. The van der Waals surface area contributed by atoms with Gasteiger partial charge in [-0.2, -0.15) is 0 Å². The second-order valence-electron chi connectivity index (χ2n) is 7.65. The summed E-state index contributed by atoms with van der Waals surface area (Å²) >= 11 is 1.45. The fraction of sp³-hybridized carbons (Fsp3) is 0.185. The van der Waals surface area contributed by atoms with Crippen molar-refractivity contribution < 1.29 is 9.59 Å². The standard InChI is InChI=1S/C27H26N2O2S/c1-2-20-12-14-22(15-13-20)18-25-27(31)29(23-10-6-7-11-24(23)32-25)19-26(30)28-17-16-21-8-4-3-5-9-21/h3-15,18H,2,16-17,19H2,1H3,(H,28,30)/b25-18+. The van der Waals surface area contributed by atoms with Crippen LogP contribution in [0.1, 0.15) is 23.6 Å². The number of para-hydroxylation sites is 1. The molecule has 2 amide bonds. The first-order valence-corrected chi connectivity index (χ1v) is 11.7. The molecule has 0 saturated carbocycles. The smallest absolute Gasteiger partial charge is 0.265 e. The van der Waals surface area contributed by atoms with E-state index in [1.165, 1.54) is 22.9 Å². The third-order valence-electron chi connectivity index (χ3n) is 5.40.